The van der Waals surface area contributed by atoms with E-state index in [4.69, 9.17) is 21.4 Å². The maximum absolute atomic E-state index is 11.5. The van der Waals surface area contributed by atoms with Crippen molar-refractivity contribution >= 4 is 57.5 Å². The highest BCUT2D eigenvalue weighted by Gasteiger charge is 2.15. The van der Waals surface area contributed by atoms with Gasteiger partial charge in [0.2, 0.25) is 5.56 Å². The second-order valence-corrected chi connectivity index (χ2v) is 9.82. The standard InChI is InChI=1S/C32H27ClN2O5/c33-32(27-17-14-22-5-1-2-7-26(22)34-27)40-25-15-11-21(12-16-25)10-13-23-6-3-8-28-31(23)24(19-30(38)39)20-35(28)18-4-9-29(36)37/h1-3,5-8,10-17,20,32H,4,9,18-19H2,(H,36,37)(H,38,39). The number of alkyl halides is 1. The van der Waals surface area contributed by atoms with Crippen molar-refractivity contribution in [3.8, 4) is 5.75 Å². The second kappa shape index (κ2) is 12.1. The molecule has 0 aliphatic rings. The molecule has 0 fully saturated rings. The molecule has 5 aromatic rings. The number of carboxylic acid groups (broad SMARTS) is 2. The Morgan fingerprint density at radius 2 is 1.73 bits per heavy atom. The molecule has 202 valence electrons. The number of benzene rings is 3. The maximum atomic E-state index is 11.5. The van der Waals surface area contributed by atoms with Gasteiger partial charge in [-0.25, -0.2) is 4.98 Å². The van der Waals surface area contributed by atoms with Gasteiger partial charge >= 0.3 is 11.9 Å². The number of pyridine rings is 1. The van der Waals surface area contributed by atoms with Crippen LogP contribution in [-0.2, 0) is 22.6 Å². The summed E-state index contributed by atoms with van der Waals surface area (Å²) < 4.78 is 7.85. The quantitative estimate of drug-likeness (QED) is 0.133. The third-order valence-corrected chi connectivity index (χ3v) is 6.89. The third kappa shape index (κ3) is 6.33. The summed E-state index contributed by atoms with van der Waals surface area (Å²) in [5, 5.41) is 20.3. The summed E-state index contributed by atoms with van der Waals surface area (Å²) in [6.07, 6.45) is 6.11. The summed E-state index contributed by atoms with van der Waals surface area (Å²) in [6.45, 7) is 0.493. The first-order valence-corrected chi connectivity index (χ1v) is 13.3. The molecule has 3 aromatic carbocycles. The number of nitrogens with zero attached hydrogens (tertiary/aromatic N) is 2. The predicted octanol–water partition coefficient (Wildman–Crippen LogP) is 7.17. The number of aryl methyl sites for hydroxylation is 1. The van der Waals surface area contributed by atoms with Crippen LogP contribution in [-0.4, -0.2) is 31.7 Å². The molecule has 0 bridgehead atoms. The van der Waals surface area contributed by atoms with Crippen LogP contribution >= 0.6 is 11.6 Å². The van der Waals surface area contributed by atoms with Gasteiger partial charge in [-0.15, -0.1) is 0 Å². The topological polar surface area (TPSA) is 102 Å². The van der Waals surface area contributed by atoms with Crippen LogP contribution in [0.4, 0.5) is 0 Å². The van der Waals surface area contributed by atoms with Crippen molar-refractivity contribution in [1.29, 1.82) is 0 Å². The van der Waals surface area contributed by atoms with Gasteiger partial charge in [0.25, 0.3) is 0 Å². The largest absolute Gasteiger partial charge is 0.481 e. The van der Waals surface area contributed by atoms with Crippen LogP contribution < -0.4 is 4.74 Å². The molecule has 0 amide bonds. The Hall–Kier alpha value is -4.62. The zero-order valence-electron chi connectivity index (χ0n) is 21.5. The highest BCUT2D eigenvalue weighted by atomic mass is 35.5. The van der Waals surface area contributed by atoms with Gasteiger partial charge in [-0.1, -0.05) is 72.3 Å². The highest BCUT2D eigenvalue weighted by molar-refractivity contribution is 6.20. The first-order valence-electron chi connectivity index (χ1n) is 12.9. The zero-order valence-corrected chi connectivity index (χ0v) is 22.3. The molecule has 2 N–H and O–H groups in total. The number of carbonyl (C=O) groups is 2. The number of para-hydroxylation sites is 1. The number of rotatable bonds is 11. The number of hydrogen-bond donors (Lipinski definition) is 2. The summed E-state index contributed by atoms with van der Waals surface area (Å²) in [5.74, 6) is -1.17. The summed E-state index contributed by atoms with van der Waals surface area (Å²) in [4.78, 5) is 27.1. The van der Waals surface area contributed by atoms with Gasteiger partial charge in [-0.3, -0.25) is 9.59 Å². The molecular formula is C32H27ClN2O5. The summed E-state index contributed by atoms with van der Waals surface area (Å²) in [7, 11) is 0. The molecule has 5 rings (SSSR count). The van der Waals surface area contributed by atoms with Gasteiger partial charge in [0.1, 0.15) is 5.75 Å². The van der Waals surface area contributed by atoms with Crippen LogP contribution in [0.3, 0.4) is 0 Å². The zero-order chi connectivity index (χ0) is 28.1. The van der Waals surface area contributed by atoms with Crippen molar-refractivity contribution in [2.45, 2.75) is 31.4 Å². The van der Waals surface area contributed by atoms with Crippen LogP contribution in [0, 0.1) is 0 Å². The van der Waals surface area contributed by atoms with E-state index in [0.29, 0.717) is 30.0 Å². The average molecular weight is 555 g/mol. The van der Waals surface area contributed by atoms with E-state index in [1.165, 1.54) is 0 Å². The minimum Gasteiger partial charge on any atom is -0.481 e. The van der Waals surface area contributed by atoms with E-state index in [-0.39, 0.29) is 12.8 Å². The maximum Gasteiger partial charge on any atom is 0.307 e. The molecule has 8 heteroatoms. The lowest BCUT2D eigenvalue weighted by atomic mass is 10.0. The monoisotopic (exact) mass is 554 g/mol. The van der Waals surface area contributed by atoms with Gasteiger partial charge in [0.05, 0.1) is 17.6 Å². The molecule has 0 saturated heterocycles. The van der Waals surface area contributed by atoms with Crippen LogP contribution in [0.5, 0.6) is 5.75 Å². The molecule has 0 aliphatic heterocycles. The summed E-state index contributed by atoms with van der Waals surface area (Å²) in [5.41, 5.74) is 4.13. The molecule has 1 atom stereocenters. The highest BCUT2D eigenvalue weighted by Crippen LogP contribution is 2.29. The van der Waals surface area contributed by atoms with Crippen LogP contribution in [0.15, 0.2) is 85.1 Å². The number of halogens is 1. The fraction of sp³-hybridized carbons (Fsp3) is 0.156. The Kier molecular flexibility index (Phi) is 8.12. The van der Waals surface area contributed by atoms with Crippen molar-refractivity contribution in [2.24, 2.45) is 0 Å². The number of aliphatic carboxylic acids is 2. The fourth-order valence-electron chi connectivity index (χ4n) is 4.72. The average Bonchev–Trinajstić information content (AvgIpc) is 3.29. The van der Waals surface area contributed by atoms with E-state index < -0.39 is 17.5 Å². The Balaban J connectivity index is 1.33. The van der Waals surface area contributed by atoms with E-state index in [2.05, 4.69) is 4.98 Å². The first-order chi connectivity index (χ1) is 19.4. The van der Waals surface area contributed by atoms with Crippen molar-refractivity contribution in [2.75, 3.05) is 0 Å². The van der Waals surface area contributed by atoms with Crippen LogP contribution in [0.2, 0.25) is 0 Å². The summed E-state index contributed by atoms with van der Waals surface area (Å²) in [6, 6.07) is 24.9. The number of fused-ring (bicyclic) bond motifs is 2. The molecule has 1 unspecified atom stereocenters. The third-order valence-electron chi connectivity index (χ3n) is 6.58. The minimum atomic E-state index is -0.921. The Morgan fingerprint density at radius 1 is 0.925 bits per heavy atom. The SMILES string of the molecule is O=C(O)CCCn1cc(CC(=O)O)c2c(C=Cc3ccc(OC(Cl)c4ccc5ccccc5n4)cc3)cccc21. The molecule has 7 nitrogen and oxygen atoms in total. The van der Waals surface area contributed by atoms with Crippen molar-refractivity contribution in [1.82, 2.24) is 9.55 Å². The molecule has 40 heavy (non-hydrogen) atoms. The predicted molar refractivity (Wildman–Crippen MR) is 156 cm³/mol. The number of aromatic nitrogens is 2. The number of ether oxygens (including phenoxy) is 1. The lowest BCUT2D eigenvalue weighted by Crippen LogP contribution is -2.03. The number of hydrogen-bond acceptors (Lipinski definition) is 4. The Bertz CT molecular complexity index is 1710. The van der Waals surface area contributed by atoms with E-state index in [1.54, 1.807) is 0 Å². The molecule has 2 aromatic heterocycles. The van der Waals surface area contributed by atoms with Crippen molar-refractivity contribution < 1.29 is 24.5 Å². The normalized spacial score (nSPS) is 12.2. The molecular weight excluding hydrogens is 528 g/mol. The molecule has 0 radical (unpaired) electrons. The molecule has 2 heterocycles. The van der Waals surface area contributed by atoms with E-state index >= 15 is 0 Å². The molecule has 0 spiro atoms. The lowest BCUT2D eigenvalue weighted by Gasteiger charge is -2.13. The molecule has 0 saturated carbocycles. The van der Waals surface area contributed by atoms with Crippen molar-refractivity contribution in [3.63, 3.8) is 0 Å². The first kappa shape index (κ1) is 27.0. The lowest BCUT2D eigenvalue weighted by molar-refractivity contribution is -0.137. The number of carboxylic acids is 2. The van der Waals surface area contributed by atoms with Crippen molar-refractivity contribution in [3.05, 3.63) is 107 Å². The van der Waals surface area contributed by atoms with Gasteiger partial charge in [-0.05, 0) is 53.4 Å². The van der Waals surface area contributed by atoms with Crippen LogP contribution in [0.25, 0.3) is 34.0 Å². The Morgan fingerprint density at radius 3 is 2.50 bits per heavy atom. The van der Waals surface area contributed by atoms with E-state index in [1.807, 2.05) is 102 Å². The van der Waals surface area contributed by atoms with E-state index in [0.717, 1.165) is 32.9 Å². The fourth-order valence-corrected chi connectivity index (χ4v) is 4.95. The van der Waals surface area contributed by atoms with Gasteiger partial charge in [-0.2, -0.15) is 0 Å². The van der Waals surface area contributed by atoms with Crippen LogP contribution in [0.1, 0.15) is 40.8 Å². The Labute approximate surface area is 235 Å². The van der Waals surface area contributed by atoms with Gasteiger partial charge < -0.3 is 19.5 Å². The van der Waals surface area contributed by atoms with Gasteiger partial charge in [0.15, 0.2) is 0 Å². The van der Waals surface area contributed by atoms with E-state index in [9.17, 15) is 14.7 Å². The second-order valence-electron chi connectivity index (χ2n) is 9.42. The van der Waals surface area contributed by atoms with Gasteiger partial charge in [0, 0.05) is 35.5 Å². The smallest absolute Gasteiger partial charge is 0.307 e. The minimum absolute atomic E-state index is 0.0521. The molecule has 0 aliphatic carbocycles. The summed E-state index contributed by atoms with van der Waals surface area (Å²) >= 11 is 6.51.